The number of likely N-dealkylation sites (N-methyl/N-ethyl adjacent to an activating group) is 1. The molecular weight excluding hydrogens is 280 g/mol. The van der Waals surface area contributed by atoms with Crippen LogP contribution < -0.4 is 15.4 Å². The van der Waals surface area contributed by atoms with Crippen molar-refractivity contribution in [2.45, 2.75) is 6.92 Å². The van der Waals surface area contributed by atoms with Crippen molar-refractivity contribution >= 4 is 18.3 Å². The number of nitrogens with one attached hydrogen (secondary N) is 2. The van der Waals surface area contributed by atoms with Crippen LogP contribution in [-0.2, 0) is 9.53 Å². The lowest BCUT2D eigenvalue weighted by Crippen LogP contribution is -2.34. The van der Waals surface area contributed by atoms with Gasteiger partial charge >= 0.3 is 0 Å². The fraction of sp³-hybridized carbons (Fsp3) is 0.500. The number of benzene rings is 1. The average Bonchev–Trinajstić information content (AvgIpc) is 2.44. The summed E-state index contributed by atoms with van der Waals surface area (Å²) < 4.78 is 10.7. The monoisotopic (exact) mass is 302 g/mol. The lowest BCUT2D eigenvalue weighted by Gasteiger charge is -2.08. The molecular formula is C14H23ClN2O3. The van der Waals surface area contributed by atoms with Crippen molar-refractivity contribution in [2.24, 2.45) is 0 Å². The van der Waals surface area contributed by atoms with Crippen LogP contribution in [0.15, 0.2) is 30.3 Å². The Hall–Kier alpha value is -1.30. The summed E-state index contributed by atoms with van der Waals surface area (Å²) in [4.78, 5) is 11.3. The first-order chi connectivity index (χ1) is 9.33. The Morgan fingerprint density at radius 2 is 1.90 bits per heavy atom. The zero-order valence-corrected chi connectivity index (χ0v) is 12.6. The van der Waals surface area contributed by atoms with Gasteiger partial charge in [0.1, 0.15) is 19.0 Å². The van der Waals surface area contributed by atoms with Crippen molar-refractivity contribution < 1.29 is 14.3 Å². The third kappa shape index (κ3) is 9.61. The molecule has 1 aromatic rings. The van der Waals surface area contributed by atoms with Crippen molar-refractivity contribution in [2.75, 3.05) is 39.5 Å². The van der Waals surface area contributed by atoms with E-state index in [1.54, 1.807) is 0 Å². The maximum atomic E-state index is 11.3. The molecule has 1 rings (SSSR count). The molecule has 2 N–H and O–H groups in total. The van der Waals surface area contributed by atoms with Crippen molar-refractivity contribution in [3.8, 4) is 5.75 Å². The molecule has 0 radical (unpaired) electrons. The highest BCUT2D eigenvalue weighted by Crippen LogP contribution is 2.07. The second-order valence-corrected chi connectivity index (χ2v) is 3.92. The molecule has 0 bridgehead atoms. The van der Waals surface area contributed by atoms with E-state index in [0.717, 1.165) is 18.8 Å². The molecule has 0 aliphatic heterocycles. The molecule has 1 amide bonds. The van der Waals surface area contributed by atoms with Gasteiger partial charge in [-0.3, -0.25) is 4.79 Å². The highest BCUT2D eigenvalue weighted by atomic mass is 35.5. The van der Waals surface area contributed by atoms with Crippen molar-refractivity contribution in [1.82, 2.24) is 10.6 Å². The minimum Gasteiger partial charge on any atom is -0.491 e. The summed E-state index contributed by atoms with van der Waals surface area (Å²) >= 11 is 0. The molecule has 0 aliphatic carbocycles. The van der Waals surface area contributed by atoms with E-state index in [1.165, 1.54) is 0 Å². The number of halogens is 1. The number of hydrogen-bond acceptors (Lipinski definition) is 4. The number of amides is 1. The van der Waals surface area contributed by atoms with Gasteiger partial charge in [0.15, 0.2) is 0 Å². The average molecular weight is 303 g/mol. The van der Waals surface area contributed by atoms with Crippen LogP contribution in [0.4, 0.5) is 0 Å². The van der Waals surface area contributed by atoms with Crippen LogP contribution in [-0.4, -0.2) is 45.4 Å². The Labute approximate surface area is 126 Å². The summed E-state index contributed by atoms with van der Waals surface area (Å²) in [5, 5.41) is 5.88. The fourth-order valence-electron chi connectivity index (χ4n) is 1.42. The molecule has 0 atom stereocenters. The Morgan fingerprint density at radius 1 is 1.15 bits per heavy atom. The Balaban J connectivity index is 0.00000361. The van der Waals surface area contributed by atoms with Crippen LogP contribution in [0.1, 0.15) is 6.92 Å². The minimum absolute atomic E-state index is 0. The van der Waals surface area contributed by atoms with Crippen LogP contribution >= 0.6 is 12.4 Å². The van der Waals surface area contributed by atoms with E-state index in [4.69, 9.17) is 9.47 Å². The normalized spacial score (nSPS) is 9.65. The summed E-state index contributed by atoms with van der Waals surface area (Å²) in [6.45, 7) is 5.24. The van der Waals surface area contributed by atoms with Gasteiger partial charge < -0.3 is 20.1 Å². The molecule has 0 spiro atoms. The van der Waals surface area contributed by atoms with Crippen LogP contribution in [0.3, 0.4) is 0 Å². The summed E-state index contributed by atoms with van der Waals surface area (Å²) in [5.41, 5.74) is 0. The third-order valence-electron chi connectivity index (χ3n) is 2.35. The number of carbonyl (C=O) groups excluding carboxylic acids is 1. The Morgan fingerprint density at radius 3 is 2.60 bits per heavy atom. The zero-order valence-electron chi connectivity index (χ0n) is 11.8. The van der Waals surface area contributed by atoms with Gasteiger partial charge in [-0.1, -0.05) is 25.1 Å². The highest BCUT2D eigenvalue weighted by Gasteiger charge is 2.00. The molecule has 0 saturated carbocycles. The van der Waals surface area contributed by atoms with Gasteiger partial charge in [-0.05, 0) is 18.7 Å². The lowest BCUT2D eigenvalue weighted by atomic mass is 10.3. The van der Waals surface area contributed by atoms with E-state index >= 15 is 0 Å². The van der Waals surface area contributed by atoms with Crippen LogP contribution in [0.2, 0.25) is 0 Å². The largest absolute Gasteiger partial charge is 0.491 e. The summed E-state index contributed by atoms with van der Waals surface area (Å²) in [6, 6.07) is 9.52. The standard InChI is InChI=1S/C14H22N2O3.ClH/c1-2-15-8-9-16-14(17)12-18-10-11-19-13-6-4-3-5-7-13;/h3-7,15H,2,8-12H2,1H3,(H,16,17);1H. The van der Waals surface area contributed by atoms with Crippen molar-refractivity contribution in [3.05, 3.63) is 30.3 Å². The second kappa shape index (κ2) is 12.7. The maximum absolute atomic E-state index is 11.3. The van der Waals surface area contributed by atoms with Crippen LogP contribution in [0, 0.1) is 0 Å². The van der Waals surface area contributed by atoms with Crippen LogP contribution in [0.5, 0.6) is 5.75 Å². The molecule has 0 fully saturated rings. The molecule has 0 heterocycles. The smallest absolute Gasteiger partial charge is 0.246 e. The molecule has 5 nitrogen and oxygen atoms in total. The van der Waals surface area contributed by atoms with Gasteiger partial charge in [0, 0.05) is 13.1 Å². The first-order valence-electron chi connectivity index (χ1n) is 6.56. The highest BCUT2D eigenvalue weighted by molar-refractivity contribution is 5.85. The van der Waals surface area contributed by atoms with Gasteiger partial charge in [0.25, 0.3) is 0 Å². The van der Waals surface area contributed by atoms with E-state index in [1.807, 2.05) is 37.3 Å². The number of rotatable bonds is 10. The van der Waals surface area contributed by atoms with E-state index < -0.39 is 0 Å². The van der Waals surface area contributed by atoms with Gasteiger partial charge in [0.2, 0.25) is 5.91 Å². The molecule has 114 valence electrons. The number of hydrogen-bond donors (Lipinski definition) is 2. The summed E-state index contributed by atoms with van der Waals surface area (Å²) in [5.74, 6) is 0.707. The molecule has 0 aromatic heterocycles. The first kappa shape index (κ1) is 18.7. The van der Waals surface area contributed by atoms with Gasteiger partial charge in [0.05, 0.1) is 6.61 Å². The molecule has 0 aliphatic rings. The van der Waals surface area contributed by atoms with E-state index in [2.05, 4.69) is 10.6 Å². The van der Waals surface area contributed by atoms with Crippen molar-refractivity contribution in [1.29, 1.82) is 0 Å². The number of ether oxygens (including phenoxy) is 2. The third-order valence-corrected chi connectivity index (χ3v) is 2.35. The number of para-hydroxylation sites is 1. The molecule has 20 heavy (non-hydrogen) atoms. The Kier molecular flexibility index (Phi) is 11.9. The predicted molar refractivity (Wildman–Crippen MR) is 81.6 cm³/mol. The fourth-order valence-corrected chi connectivity index (χ4v) is 1.42. The topological polar surface area (TPSA) is 59.6 Å². The van der Waals surface area contributed by atoms with Gasteiger partial charge in [-0.2, -0.15) is 0 Å². The minimum atomic E-state index is -0.0994. The predicted octanol–water partition coefficient (Wildman–Crippen LogP) is 1.23. The quantitative estimate of drug-likeness (QED) is 0.638. The SMILES string of the molecule is CCNCCNC(=O)COCCOc1ccccc1.Cl. The summed E-state index contributed by atoms with van der Waals surface area (Å²) in [6.07, 6.45) is 0. The van der Waals surface area contributed by atoms with E-state index in [-0.39, 0.29) is 24.9 Å². The summed E-state index contributed by atoms with van der Waals surface area (Å²) in [7, 11) is 0. The van der Waals surface area contributed by atoms with Gasteiger partial charge in [-0.25, -0.2) is 0 Å². The Bertz CT molecular complexity index is 350. The second-order valence-electron chi connectivity index (χ2n) is 3.92. The van der Waals surface area contributed by atoms with Crippen molar-refractivity contribution in [3.63, 3.8) is 0 Å². The lowest BCUT2D eigenvalue weighted by molar-refractivity contribution is -0.125. The first-order valence-corrected chi connectivity index (χ1v) is 6.56. The zero-order chi connectivity index (χ0) is 13.8. The molecule has 1 aromatic carbocycles. The van der Waals surface area contributed by atoms with Gasteiger partial charge in [-0.15, -0.1) is 12.4 Å². The molecule has 6 heteroatoms. The molecule has 0 saturated heterocycles. The van der Waals surface area contributed by atoms with Crippen LogP contribution in [0.25, 0.3) is 0 Å². The number of carbonyl (C=O) groups is 1. The maximum Gasteiger partial charge on any atom is 0.246 e. The van der Waals surface area contributed by atoms with E-state index in [0.29, 0.717) is 19.8 Å². The van der Waals surface area contributed by atoms with E-state index in [9.17, 15) is 4.79 Å². The molecule has 0 unspecified atom stereocenters.